The van der Waals surface area contributed by atoms with E-state index in [1.165, 1.54) is 12.1 Å². The van der Waals surface area contributed by atoms with Crippen LogP contribution < -0.4 is 5.32 Å². The first kappa shape index (κ1) is 15.0. The van der Waals surface area contributed by atoms with Crippen molar-refractivity contribution in [3.05, 3.63) is 30.1 Å². The minimum absolute atomic E-state index is 0.137. The molecule has 0 spiro atoms. The highest BCUT2D eigenvalue weighted by Crippen LogP contribution is 2.20. The standard InChI is InChI=1S/C15H19N3O3/c1-9(13(19)17-15(2,3)4)18-8-16-11-6-5-10(14(20)21)7-12(11)18/h5-9H,1-4H3,(H,17,19)(H,20,21). The van der Waals surface area contributed by atoms with Gasteiger partial charge in [-0.15, -0.1) is 0 Å². The largest absolute Gasteiger partial charge is 0.478 e. The number of fused-ring (bicyclic) bond motifs is 1. The molecule has 2 aromatic rings. The molecule has 0 aliphatic heterocycles. The van der Waals surface area contributed by atoms with E-state index in [1.807, 2.05) is 20.8 Å². The Morgan fingerprint density at radius 3 is 2.57 bits per heavy atom. The maximum Gasteiger partial charge on any atom is 0.335 e. The van der Waals surface area contributed by atoms with Gasteiger partial charge >= 0.3 is 5.97 Å². The molecule has 0 saturated carbocycles. The summed E-state index contributed by atoms with van der Waals surface area (Å²) in [7, 11) is 0. The van der Waals surface area contributed by atoms with Gasteiger partial charge in [0.05, 0.1) is 22.9 Å². The minimum atomic E-state index is -1.00. The Balaban J connectivity index is 2.39. The quantitative estimate of drug-likeness (QED) is 0.907. The zero-order chi connectivity index (χ0) is 15.8. The molecule has 0 radical (unpaired) electrons. The van der Waals surface area contributed by atoms with E-state index in [4.69, 9.17) is 5.11 Å². The summed E-state index contributed by atoms with van der Waals surface area (Å²) in [6, 6.07) is 4.20. The second-order valence-electron chi connectivity index (χ2n) is 6.08. The number of aromatic nitrogens is 2. The number of nitrogens with zero attached hydrogens (tertiary/aromatic N) is 2. The highest BCUT2D eigenvalue weighted by molar-refractivity contribution is 5.93. The van der Waals surface area contributed by atoms with E-state index in [-0.39, 0.29) is 17.0 Å². The monoisotopic (exact) mass is 289 g/mol. The van der Waals surface area contributed by atoms with Crippen LogP contribution in [0.1, 0.15) is 44.1 Å². The van der Waals surface area contributed by atoms with Gasteiger partial charge in [0.1, 0.15) is 6.04 Å². The number of carboxylic acid groups (broad SMARTS) is 1. The molecule has 0 bridgehead atoms. The molecular weight excluding hydrogens is 270 g/mol. The third-order valence-corrected chi connectivity index (χ3v) is 3.12. The van der Waals surface area contributed by atoms with Crippen LogP contribution in [-0.2, 0) is 4.79 Å². The molecule has 1 aromatic heterocycles. The average molecular weight is 289 g/mol. The van der Waals surface area contributed by atoms with Crippen molar-refractivity contribution in [3.8, 4) is 0 Å². The second kappa shape index (κ2) is 5.20. The Morgan fingerprint density at radius 2 is 2.00 bits per heavy atom. The Morgan fingerprint density at radius 1 is 1.33 bits per heavy atom. The number of aromatic carboxylic acids is 1. The first-order chi connectivity index (χ1) is 9.69. The first-order valence-corrected chi connectivity index (χ1v) is 6.71. The summed E-state index contributed by atoms with van der Waals surface area (Å²) < 4.78 is 1.68. The van der Waals surface area contributed by atoms with Gasteiger partial charge in [0.2, 0.25) is 5.91 Å². The van der Waals surface area contributed by atoms with Crippen molar-refractivity contribution in [2.75, 3.05) is 0 Å². The van der Waals surface area contributed by atoms with Gasteiger partial charge < -0.3 is 15.0 Å². The summed E-state index contributed by atoms with van der Waals surface area (Å²) in [5, 5.41) is 12.0. The van der Waals surface area contributed by atoms with Crippen LogP contribution in [0.2, 0.25) is 0 Å². The summed E-state index contributed by atoms with van der Waals surface area (Å²) in [6.45, 7) is 7.49. The summed E-state index contributed by atoms with van der Waals surface area (Å²) in [6.07, 6.45) is 1.56. The van der Waals surface area contributed by atoms with Gasteiger partial charge in [0, 0.05) is 5.54 Å². The van der Waals surface area contributed by atoms with Crippen molar-refractivity contribution >= 4 is 22.9 Å². The SMILES string of the molecule is CC(C(=O)NC(C)(C)C)n1cnc2ccc(C(=O)O)cc21. The smallest absolute Gasteiger partial charge is 0.335 e. The van der Waals surface area contributed by atoms with Gasteiger partial charge in [0.25, 0.3) is 0 Å². The normalized spacial score (nSPS) is 13.1. The predicted molar refractivity (Wildman–Crippen MR) is 79.3 cm³/mol. The molecule has 21 heavy (non-hydrogen) atoms. The Bertz CT molecular complexity index is 698. The van der Waals surface area contributed by atoms with E-state index in [1.54, 1.807) is 23.9 Å². The zero-order valence-corrected chi connectivity index (χ0v) is 12.5. The third-order valence-electron chi connectivity index (χ3n) is 3.12. The highest BCUT2D eigenvalue weighted by atomic mass is 16.4. The molecule has 1 heterocycles. The third kappa shape index (κ3) is 3.21. The van der Waals surface area contributed by atoms with Crippen LogP contribution in [0.15, 0.2) is 24.5 Å². The van der Waals surface area contributed by atoms with E-state index < -0.39 is 12.0 Å². The lowest BCUT2D eigenvalue weighted by atomic mass is 10.1. The molecule has 6 heteroatoms. The van der Waals surface area contributed by atoms with Crippen molar-refractivity contribution in [1.82, 2.24) is 14.9 Å². The molecule has 1 aromatic carbocycles. The van der Waals surface area contributed by atoms with Crippen LogP contribution in [0.25, 0.3) is 11.0 Å². The highest BCUT2D eigenvalue weighted by Gasteiger charge is 2.22. The van der Waals surface area contributed by atoms with E-state index in [9.17, 15) is 9.59 Å². The number of carbonyl (C=O) groups is 2. The number of carbonyl (C=O) groups excluding carboxylic acids is 1. The fourth-order valence-electron chi connectivity index (χ4n) is 2.07. The second-order valence-corrected chi connectivity index (χ2v) is 6.08. The lowest BCUT2D eigenvalue weighted by molar-refractivity contribution is -0.125. The molecule has 2 N–H and O–H groups in total. The Hall–Kier alpha value is -2.37. The number of carboxylic acids is 1. The summed E-state index contributed by atoms with van der Waals surface area (Å²) in [4.78, 5) is 27.5. The minimum Gasteiger partial charge on any atom is -0.478 e. The van der Waals surface area contributed by atoms with Gasteiger partial charge in [0.15, 0.2) is 0 Å². The van der Waals surface area contributed by atoms with Crippen molar-refractivity contribution in [2.24, 2.45) is 0 Å². The molecule has 0 fully saturated rings. The maximum atomic E-state index is 12.2. The summed E-state index contributed by atoms with van der Waals surface area (Å²) in [5.74, 6) is -1.14. The van der Waals surface area contributed by atoms with Gasteiger partial charge in [-0.05, 0) is 45.9 Å². The molecule has 6 nitrogen and oxygen atoms in total. The van der Waals surface area contributed by atoms with Crippen molar-refractivity contribution in [3.63, 3.8) is 0 Å². The van der Waals surface area contributed by atoms with E-state index >= 15 is 0 Å². The van der Waals surface area contributed by atoms with Gasteiger partial charge in [-0.2, -0.15) is 0 Å². The first-order valence-electron chi connectivity index (χ1n) is 6.71. The van der Waals surface area contributed by atoms with Crippen LogP contribution in [0, 0.1) is 0 Å². The molecule has 112 valence electrons. The number of nitrogens with one attached hydrogen (secondary N) is 1. The number of hydrogen-bond acceptors (Lipinski definition) is 3. The number of hydrogen-bond donors (Lipinski definition) is 2. The molecule has 1 atom stereocenters. The van der Waals surface area contributed by atoms with Gasteiger partial charge in [-0.1, -0.05) is 0 Å². The molecule has 1 amide bonds. The fourth-order valence-corrected chi connectivity index (χ4v) is 2.07. The van der Waals surface area contributed by atoms with Crippen molar-refractivity contribution in [1.29, 1.82) is 0 Å². The van der Waals surface area contributed by atoms with Crippen molar-refractivity contribution < 1.29 is 14.7 Å². The summed E-state index contributed by atoms with van der Waals surface area (Å²) >= 11 is 0. The van der Waals surface area contributed by atoms with Crippen molar-refractivity contribution in [2.45, 2.75) is 39.3 Å². The lowest BCUT2D eigenvalue weighted by Crippen LogP contribution is -2.43. The van der Waals surface area contributed by atoms with Crippen LogP contribution in [0.5, 0.6) is 0 Å². The maximum absolute atomic E-state index is 12.2. The molecule has 0 saturated heterocycles. The van der Waals surface area contributed by atoms with E-state index in [2.05, 4.69) is 10.3 Å². The lowest BCUT2D eigenvalue weighted by Gasteiger charge is -2.24. The van der Waals surface area contributed by atoms with E-state index in [0.29, 0.717) is 11.0 Å². The van der Waals surface area contributed by atoms with E-state index in [0.717, 1.165) is 0 Å². The molecule has 2 rings (SSSR count). The van der Waals surface area contributed by atoms with Crippen LogP contribution in [0.3, 0.4) is 0 Å². The summed E-state index contributed by atoms with van der Waals surface area (Å²) in [5.41, 5.74) is 1.14. The van der Waals surface area contributed by atoms with Gasteiger partial charge in [-0.3, -0.25) is 4.79 Å². The fraction of sp³-hybridized carbons (Fsp3) is 0.400. The molecular formula is C15H19N3O3. The number of imidazole rings is 1. The topological polar surface area (TPSA) is 84.2 Å². The number of rotatable bonds is 3. The number of amides is 1. The average Bonchev–Trinajstić information content (AvgIpc) is 2.78. The number of benzene rings is 1. The molecule has 1 unspecified atom stereocenters. The zero-order valence-electron chi connectivity index (χ0n) is 12.5. The van der Waals surface area contributed by atoms with Gasteiger partial charge in [-0.25, -0.2) is 9.78 Å². The molecule has 0 aliphatic rings. The van der Waals surface area contributed by atoms with Crippen LogP contribution in [-0.4, -0.2) is 32.1 Å². The molecule has 0 aliphatic carbocycles. The predicted octanol–water partition coefficient (Wildman–Crippen LogP) is 2.21. The Labute approximate surface area is 122 Å². The van der Waals surface area contributed by atoms with Crippen LogP contribution in [0.4, 0.5) is 0 Å². The van der Waals surface area contributed by atoms with Crippen LogP contribution >= 0.6 is 0 Å². The Kier molecular flexibility index (Phi) is 3.72.